The van der Waals surface area contributed by atoms with E-state index >= 15 is 0 Å². The Bertz CT molecular complexity index is 577. The molecule has 0 saturated heterocycles. The van der Waals surface area contributed by atoms with Gasteiger partial charge < -0.3 is 20.3 Å². The van der Waals surface area contributed by atoms with Gasteiger partial charge in [-0.15, -0.1) is 6.58 Å². The van der Waals surface area contributed by atoms with E-state index < -0.39 is 30.0 Å². The third kappa shape index (κ3) is 8.64. The van der Waals surface area contributed by atoms with Crippen molar-refractivity contribution in [3.05, 3.63) is 12.7 Å². The fourth-order valence-corrected chi connectivity index (χ4v) is 2.86. The Labute approximate surface area is 173 Å². The summed E-state index contributed by atoms with van der Waals surface area (Å²) in [6.07, 6.45) is 2.48. The van der Waals surface area contributed by atoms with Crippen molar-refractivity contribution < 1.29 is 23.9 Å². The second-order valence-electron chi connectivity index (χ2n) is 7.77. The van der Waals surface area contributed by atoms with Crippen molar-refractivity contribution in [3.8, 4) is 0 Å². The second kappa shape index (κ2) is 12.9. The Balaban J connectivity index is 5.29. The van der Waals surface area contributed by atoms with Crippen LogP contribution in [0.3, 0.4) is 0 Å². The average molecular weight is 413 g/mol. The van der Waals surface area contributed by atoms with Gasteiger partial charge in [-0.3, -0.25) is 19.3 Å². The molecule has 0 aliphatic rings. The Kier molecular flexibility index (Phi) is 11.8. The zero-order valence-electron chi connectivity index (χ0n) is 18.6. The third-order valence-corrected chi connectivity index (χ3v) is 4.35. The SMILES string of the molecule is C=CC[C@@H](C(=O)N(C)C(C(=O)OCC(NC=O)C(=O)NC(C)C)C(C)C)N(C)C. The van der Waals surface area contributed by atoms with E-state index in [-0.39, 0.29) is 24.5 Å². The third-order valence-electron chi connectivity index (χ3n) is 4.35. The summed E-state index contributed by atoms with van der Waals surface area (Å²) in [5.41, 5.74) is 0. The summed E-state index contributed by atoms with van der Waals surface area (Å²) in [5, 5.41) is 5.00. The normalized spacial score (nSPS) is 14.1. The van der Waals surface area contributed by atoms with Gasteiger partial charge in [0.2, 0.25) is 18.2 Å². The number of hydrogen-bond acceptors (Lipinski definition) is 6. The van der Waals surface area contributed by atoms with Gasteiger partial charge in [-0.05, 0) is 40.3 Å². The average Bonchev–Trinajstić information content (AvgIpc) is 2.61. The summed E-state index contributed by atoms with van der Waals surface area (Å²) in [7, 11) is 5.12. The monoisotopic (exact) mass is 412 g/mol. The summed E-state index contributed by atoms with van der Waals surface area (Å²) in [6.45, 7) is 10.5. The van der Waals surface area contributed by atoms with Gasteiger partial charge in [0.05, 0.1) is 6.04 Å². The van der Waals surface area contributed by atoms with Crippen molar-refractivity contribution in [3.63, 3.8) is 0 Å². The number of carbonyl (C=O) groups is 4. The number of nitrogens with one attached hydrogen (secondary N) is 2. The first kappa shape index (κ1) is 26.6. The van der Waals surface area contributed by atoms with E-state index in [1.54, 1.807) is 59.8 Å². The number of likely N-dealkylation sites (N-methyl/N-ethyl adjacent to an activating group) is 2. The van der Waals surface area contributed by atoms with Crippen molar-refractivity contribution in [1.29, 1.82) is 0 Å². The molecule has 0 radical (unpaired) electrons. The van der Waals surface area contributed by atoms with Crippen molar-refractivity contribution in [2.75, 3.05) is 27.7 Å². The van der Waals surface area contributed by atoms with Crippen molar-refractivity contribution in [2.24, 2.45) is 5.92 Å². The van der Waals surface area contributed by atoms with E-state index in [1.807, 2.05) is 0 Å². The van der Waals surface area contributed by atoms with Gasteiger partial charge in [0.1, 0.15) is 18.7 Å². The van der Waals surface area contributed by atoms with E-state index in [2.05, 4.69) is 17.2 Å². The van der Waals surface area contributed by atoms with E-state index in [0.29, 0.717) is 12.8 Å². The quantitative estimate of drug-likeness (QED) is 0.253. The molecule has 0 heterocycles. The van der Waals surface area contributed by atoms with Crippen LogP contribution in [0.1, 0.15) is 34.1 Å². The van der Waals surface area contributed by atoms with Crippen LogP contribution in [0.5, 0.6) is 0 Å². The van der Waals surface area contributed by atoms with Gasteiger partial charge in [-0.1, -0.05) is 19.9 Å². The highest BCUT2D eigenvalue weighted by Gasteiger charge is 2.35. The number of rotatable bonds is 13. The van der Waals surface area contributed by atoms with E-state index in [1.165, 1.54) is 4.90 Å². The lowest BCUT2D eigenvalue weighted by molar-refractivity contribution is -0.158. The van der Waals surface area contributed by atoms with Gasteiger partial charge >= 0.3 is 5.97 Å². The van der Waals surface area contributed by atoms with Gasteiger partial charge in [-0.2, -0.15) is 0 Å². The lowest BCUT2D eigenvalue weighted by atomic mass is 10.0. The molecule has 3 amide bonds. The largest absolute Gasteiger partial charge is 0.461 e. The minimum atomic E-state index is -1.01. The molecule has 0 aromatic carbocycles. The minimum absolute atomic E-state index is 0.130. The predicted molar refractivity (Wildman–Crippen MR) is 111 cm³/mol. The highest BCUT2D eigenvalue weighted by molar-refractivity contribution is 5.88. The molecule has 9 nitrogen and oxygen atoms in total. The summed E-state index contributed by atoms with van der Waals surface area (Å²) in [4.78, 5) is 51.7. The molecule has 29 heavy (non-hydrogen) atoms. The van der Waals surface area contributed by atoms with Crippen LogP contribution < -0.4 is 10.6 Å². The van der Waals surface area contributed by atoms with Crippen LogP contribution in [0.4, 0.5) is 0 Å². The van der Waals surface area contributed by atoms with E-state index in [4.69, 9.17) is 4.74 Å². The lowest BCUT2D eigenvalue weighted by Gasteiger charge is -2.34. The molecule has 9 heteroatoms. The van der Waals surface area contributed by atoms with Gasteiger partial charge in [0.15, 0.2) is 0 Å². The zero-order chi connectivity index (χ0) is 22.7. The molecule has 0 fully saturated rings. The summed E-state index contributed by atoms with van der Waals surface area (Å²) < 4.78 is 5.31. The van der Waals surface area contributed by atoms with Crippen molar-refractivity contribution in [2.45, 2.75) is 58.3 Å². The molecule has 166 valence electrons. The molecule has 3 atom stereocenters. The summed E-state index contributed by atoms with van der Waals surface area (Å²) in [5.74, 6) is -1.54. The molecule has 0 spiro atoms. The van der Waals surface area contributed by atoms with Crippen LogP contribution in [0.25, 0.3) is 0 Å². The number of carbonyl (C=O) groups excluding carboxylic acids is 4. The number of nitrogens with zero attached hydrogens (tertiary/aromatic N) is 2. The molecule has 2 N–H and O–H groups in total. The van der Waals surface area contributed by atoms with Crippen molar-refractivity contribution in [1.82, 2.24) is 20.4 Å². The molecule has 0 saturated carbocycles. The predicted octanol–water partition coefficient (Wildman–Crippen LogP) is 0.158. The zero-order valence-corrected chi connectivity index (χ0v) is 18.6. The Morgan fingerprint density at radius 1 is 1.10 bits per heavy atom. The molecular weight excluding hydrogens is 376 g/mol. The number of esters is 1. The molecular formula is C20H36N4O5. The van der Waals surface area contributed by atoms with Crippen LogP contribution >= 0.6 is 0 Å². The molecule has 2 unspecified atom stereocenters. The highest BCUT2D eigenvalue weighted by Crippen LogP contribution is 2.15. The van der Waals surface area contributed by atoms with Crippen LogP contribution in [0.15, 0.2) is 12.7 Å². The van der Waals surface area contributed by atoms with Crippen LogP contribution in [-0.2, 0) is 23.9 Å². The Morgan fingerprint density at radius 2 is 1.69 bits per heavy atom. The van der Waals surface area contributed by atoms with Crippen LogP contribution in [-0.4, -0.2) is 85.9 Å². The molecule has 0 aromatic rings. The Morgan fingerprint density at radius 3 is 2.10 bits per heavy atom. The lowest BCUT2D eigenvalue weighted by Crippen LogP contribution is -2.54. The topological polar surface area (TPSA) is 108 Å². The van der Waals surface area contributed by atoms with Crippen LogP contribution in [0, 0.1) is 5.92 Å². The van der Waals surface area contributed by atoms with E-state index in [9.17, 15) is 19.2 Å². The standard InChI is InChI=1S/C20H36N4O5/c1-9-10-16(23(6)7)19(27)24(8)17(13(2)3)20(28)29-11-15(21-12-25)18(26)22-14(4)5/h9,12-17H,1,10-11H2,2-8H3,(H,21,25)(H,22,26)/t15?,16-,17?/m0/s1. The first-order valence-corrected chi connectivity index (χ1v) is 9.68. The fourth-order valence-electron chi connectivity index (χ4n) is 2.86. The summed E-state index contributed by atoms with van der Waals surface area (Å²) in [6, 6.07) is -2.43. The molecule has 0 aliphatic heterocycles. The molecule has 0 aromatic heterocycles. The number of ether oxygens (including phenoxy) is 1. The minimum Gasteiger partial charge on any atom is -0.461 e. The molecule has 0 rings (SSSR count). The van der Waals surface area contributed by atoms with E-state index in [0.717, 1.165) is 0 Å². The first-order chi connectivity index (χ1) is 13.5. The number of amides is 3. The van der Waals surface area contributed by atoms with Gasteiger partial charge in [0.25, 0.3) is 0 Å². The van der Waals surface area contributed by atoms with Crippen molar-refractivity contribution >= 4 is 24.2 Å². The van der Waals surface area contributed by atoms with Gasteiger partial charge in [0, 0.05) is 13.1 Å². The first-order valence-electron chi connectivity index (χ1n) is 9.68. The van der Waals surface area contributed by atoms with Gasteiger partial charge in [-0.25, -0.2) is 4.79 Å². The highest BCUT2D eigenvalue weighted by atomic mass is 16.5. The fraction of sp³-hybridized carbons (Fsp3) is 0.700. The maximum absolute atomic E-state index is 12.9. The maximum atomic E-state index is 12.9. The maximum Gasteiger partial charge on any atom is 0.329 e. The molecule has 0 aliphatic carbocycles. The second-order valence-corrected chi connectivity index (χ2v) is 7.77. The Hall–Kier alpha value is -2.42. The van der Waals surface area contributed by atoms with Crippen LogP contribution in [0.2, 0.25) is 0 Å². The smallest absolute Gasteiger partial charge is 0.329 e. The molecule has 0 bridgehead atoms. The number of hydrogen-bond donors (Lipinski definition) is 2. The summed E-state index contributed by atoms with van der Waals surface area (Å²) >= 11 is 0.